The molecular weight excluding hydrogens is 343 g/mol. The van der Waals surface area contributed by atoms with Crippen LogP contribution in [0.25, 0.3) is 0 Å². The van der Waals surface area contributed by atoms with Crippen molar-refractivity contribution in [1.82, 2.24) is 0 Å². The molecular formula is C18H17O4PS. The fraction of sp³-hybridized carbons (Fsp3) is 0. The van der Waals surface area contributed by atoms with Crippen molar-refractivity contribution in [3.05, 3.63) is 91.0 Å². The van der Waals surface area contributed by atoms with Gasteiger partial charge in [0.15, 0.2) is 0 Å². The van der Waals surface area contributed by atoms with Crippen molar-refractivity contribution in [3.8, 4) is 0 Å². The fourth-order valence-electron chi connectivity index (χ4n) is 2.52. The van der Waals surface area contributed by atoms with Gasteiger partial charge < -0.3 is 9.79 Å². The fourth-order valence-corrected chi connectivity index (χ4v) is 7.16. The first-order valence-corrected chi connectivity index (χ1v) is 10.4. The molecule has 124 valence electrons. The first-order valence-electron chi connectivity index (χ1n) is 7.28. The van der Waals surface area contributed by atoms with Crippen LogP contribution in [-0.2, 0) is 8.54 Å². The molecule has 4 nitrogen and oxygen atoms in total. The van der Waals surface area contributed by atoms with E-state index in [1.807, 2.05) is 91.0 Å². The summed E-state index contributed by atoms with van der Waals surface area (Å²) in [6.45, 7) is 0. The zero-order valence-corrected chi connectivity index (χ0v) is 14.4. The SMILES string of the molecule is O=P(O)(O)OS(c1ccccc1)(c1ccccc1)c1ccccc1. The van der Waals surface area contributed by atoms with Crippen LogP contribution in [-0.4, -0.2) is 9.79 Å². The molecule has 0 aliphatic heterocycles. The highest BCUT2D eigenvalue weighted by Crippen LogP contribution is 2.74. The van der Waals surface area contributed by atoms with Gasteiger partial charge in [0.1, 0.15) is 0 Å². The van der Waals surface area contributed by atoms with Gasteiger partial charge in [0.05, 0.1) is 0 Å². The summed E-state index contributed by atoms with van der Waals surface area (Å²) in [6, 6.07) is 27.7. The minimum Gasteiger partial charge on any atom is -0.302 e. The van der Waals surface area contributed by atoms with Crippen LogP contribution >= 0.6 is 18.1 Å². The van der Waals surface area contributed by atoms with Gasteiger partial charge >= 0.3 is 7.82 Å². The van der Waals surface area contributed by atoms with E-state index in [-0.39, 0.29) is 0 Å². The Balaban J connectivity index is 2.35. The normalized spacial score (nSPS) is 12.8. The molecule has 0 aromatic heterocycles. The smallest absolute Gasteiger partial charge is 0.302 e. The monoisotopic (exact) mass is 360 g/mol. The van der Waals surface area contributed by atoms with E-state index in [0.717, 1.165) is 14.7 Å². The van der Waals surface area contributed by atoms with Gasteiger partial charge in [-0.25, -0.2) is 8.54 Å². The van der Waals surface area contributed by atoms with Crippen molar-refractivity contribution in [2.45, 2.75) is 14.7 Å². The molecule has 6 heteroatoms. The first kappa shape index (κ1) is 17.0. The molecule has 0 spiro atoms. The molecule has 24 heavy (non-hydrogen) atoms. The van der Waals surface area contributed by atoms with E-state index in [1.165, 1.54) is 0 Å². The third-order valence-corrected chi connectivity index (χ3v) is 7.91. The van der Waals surface area contributed by atoms with Gasteiger partial charge in [-0.1, -0.05) is 54.6 Å². The number of hydrogen-bond donors (Lipinski definition) is 2. The number of phosphoric acid groups is 1. The van der Waals surface area contributed by atoms with Crippen molar-refractivity contribution < 1.29 is 18.3 Å². The van der Waals surface area contributed by atoms with Gasteiger partial charge in [-0.05, 0) is 46.7 Å². The van der Waals surface area contributed by atoms with E-state index < -0.39 is 18.1 Å². The average Bonchev–Trinajstić information content (AvgIpc) is 2.61. The molecule has 3 aromatic rings. The standard InChI is InChI=1S/C18H17O4PS/c19-23(20,21)22-24(16-10-4-1-5-11-16,17-12-6-2-7-13-17)18-14-8-3-9-15-18/h1-15H,(H2,19,20,21). The Kier molecular flexibility index (Phi) is 4.90. The zero-order valence-electron chi connectivity index (χ0n) is 12.7. The third kappa shape index (κ3) is 3.46. The summed E-state index contributed by atoms with van der Waals surface area (Å²) in [7, 11) is -7.30. The Morgan fingerprint density at radius 2 is 0.917 bits per heavy atom. The minimum atomic E-state index is -4.75. The molecule has 3 aromatic carbocycles. The number of hydrogen-bond acceptors (Lipinski definition) is 2. The molecule has 0 saturated carbocycles. The second-order valence-electron chi connectivity index (χ2n) is 5.06. The second-order valence-corrected chi connectivity index (χ2v) is 9.16. The first-order chi connectivity index (χ1) is 11.5. The molecule has 2 N–H and O–H groups in total. The lowest BCUT2D eigenvalue weighted by atomic mass is 10.4. The van der Waals surface area contributed by atoms with Crippen molar-refractivity contribution >= 4 is 18.1 Å². The maximum absolute atomic E-state index is 11.9. The molecule has 0 atom stereocenters. The van der Waals surface area contributed by atoms with Crippen LogP contribution in [0.15, 0.2) is 106 Å². The Labute approximate surface area is 142 Å². The van der Waals surface area contributed by atoms with Crippen LogP contribution in [0.1, 0.15) is 0 Å². The molecule has 0 fully saturated rings. The molecule has 0 aliphatic carbocycles. The highest BCUT2D eigenvalue weighted by atomic mass is 32.3. The van der Waals surface area contributed by atoms with Crippen LogP contribution in [0.2, 0.25) is 0 Å². The van der Waals surface area contributed by atoms with Crippen LogP contribution in [0.5, 0.6) is 0 Å². The predicted octanol–water partition coefficient (Wildman–Crippen LogP) is 4.99. The van der Waals surface area contributed by atoms with E-state index in [4.69, 9.17) is 3.97 Å². The summed E-state index contributed by atoms with van der Waals surface area (Å²) < 4.78 is 17.4. The maximum Gasteiger partial charge on any atom is 0.480 e. The zero-order chi connectivity index (χ0) is 17.0. The maximum atomic E-state index is 11.9. The van der Waals surface area contributed by atoms with Gasteiger partial charge in [-0.2, -0.15) is 0 Å². The van der Waals surface area contributed by atoms with Crippen LogP contribution in [0, 0.1) is 0 Å². The van der Waals surface area contributed by atoms with E-state index in [0.29, 0.717) is 0 Å². The molecule has 0 amide bonds. The summed E-state index contributed by atoms with van der Waals surface area (Å²) in [5.74, 6) is 0. The third-order valence-electron chi connectivity index (χ3n) is 3.43. The number of benzene rings is 3. The summed E-state index contributed by atoms with van der Waals surface area (Å²) in [5.41, 5.74) is 0. The lowest BCUT2D eigenvalue weighted by Crippen LogP contribution is -2.06. The lowest BCUT2D eigenvalue weighted by Gasteiger charge is -2.39. The highest BCUT2D eigenvalue weighted by molar-refractivity contribution is 8.31. The molecule has 0 heterocycles. The Morgan fingerprint density at radius 3 is 1.17 bits per heavy atom. The van der Waals surface area contributed by atoms with Crippen molar-refractivity contribution in [3.63, 3.8) is 0 Å². The average molecular weight is 360 g/mol. The van der Waals surface area contributed by atoms with Crippen molar-refractivity contribution in [2.75, 3.05) is 0 Å². The Morgan fingerprint density at radius 1 is 0.625 bits per heavy atom. The van der Waals surface area contributed by atoms with Crippen LogP contribution in [0.4, 0.5) is 0 Å². The molecule has 3 rings (SSSR count). The van der Waals surface area contributed by atoms with Gasteiger partial charge in [0.25, 0.3) is 0 Å². The van der Waals surface area contributed by atoms with Gasteiger partial charge in [-0.3, -0.25) is 0 Å². The minimum absolute atomic E-state index is 0.728. The molecule has 0 radical (unpaired) electrons. The second kappa shape index (κ2) is 6.93. The Hall–Kier alpha value is -1.88. The highest BCUT2D eigenvalue weighted by Gasteiger charge is 2.38. The van der Waals surface area contributed by atoms with Gasteiger partial charge in [0, 0.05) is 14.7 Å². The van der Waals surface area contributed by atoms with E-state index in [2.05, 4.69) is 0 Å². The predicted molar refractivity (Wildman–Crippen MR) is 94.8 cm³/mol. The summed E-state index contributed by atoms with van der Waals surface area (Å²) in [4.78, 5) is 21.5. The Bertz CT molecular complexity index is 738. The van der Waals surface area contributed by atoms with Crippen molar-refractivity contribution in [1.29, 1.82) is 0 Å². The van der Waals surface area contributed by atoms with E-state index in [1.54, 1.807) is 0 Å². The van der Waals surface area contributed by atoms with E-state index >= 15 is 0 Å². The topological polar surface area (TPSA) is 66.8 Å². The molecule has 0 unspecified atom stereocenters. The molecule has 0 bridgehead atoms. The summed E-state index contributed by atoms with van der Waals surface area (Å²) >= 11 is 0. The van der Waals surface area contributed by atoms with Crippen LogP contribution in [0.3, 0.4) is 0 Å². The van der Waals surface area contributed by atoms with E-state index in [9.17, 15) is 14.4 Å². The lowest BCUT2D eigenvalue weighted by molar-refractivity contribution is 0.294. The quantitative estimate of drug-likeness (QED) is 0.629. The number of rotatable bonds is 5. The summed E-state index contributed by atoms with van der Waals surface area (Å²) in [5, 5.41) is 0. The molecule has 0 saturated heterocycles. The van der Waals surface area contributed by atoms with Crippen molar-refractivity contribution in [2.24, 2.45) is 0 Å². The summed E-state index contributed by atoms with van der Waals surface area (Å²) in [6.07, 6.45) is 0. The van der Waals surface area contributed by atoms with Crippen LogP contribution < -0.4 is 0 Å². The van der Waals surface area contributed by atoms with Gasteiger partial charge in [0.2, 0.25) is 0 Å². The van der Waals surface area contributed by atoms with Gasteiger partial charge in [-0.15, -0.1) is 0 Å². The largest absolute Gasteiger partial charge is 0.480 e. The molecule has 0 aliphatic rings.